The van der Waals surface area contributed by atoms with Crippen molar-refractivity contribution in [2.45, 2.75) is 107 Å². The van der Waals surface area contributed by atoms with E-state index in [4.69, 9.17) is 4.79 Å². The molecule has 7 rings (SSSR count). The normalized spacial score (nSPS) is 17.2. The number of fused-ring (bicyclic) bond motifs is 2. The maximum Gasteiger partial charge on any atom is 0.388 e. The van der Waals surface area contributed by atoms with Gasteiger partial charge in [0.1, 0.15) is 11.7 Å². The molecule has 2 aliphatic rings. The molecule has 0 radical (unpaired) electrons. The molecule has 1 aromatic heterocycles. The van der Waals surface area contributed by atoms with E-state index < -0.39 is 23.7 Å². The van der Waals surface area contributed by atoms with Crippen LogP contribution in [-0.2, 0) is 33.6 Å². The van der Waals surface area contributed by atoms with Crippen molar-refractivity contribution in [3.63, 3.8) is 0 Å². The maximum absolute atomic E-state index is 14.7. The van der Waals surface area contributed by atoms with E-state index >= 15 is 0 Å². The Morgan fingerprint density at radius 1 is 0.952 bits per heavy atom. The molecule has 1 aliphatic heterocycles. The predicted octanol–water partition coefficient (Wildman–Crippen LogP) is 10.6. The number of unbranched alkanes of at least 4 members (excludes halogenated alkanes) is 2. The smallest absolute Gasteiger partial charge is 0.362 e. The van der Waals surface area contributed by atoms with Crippen molar-refractivity contribution in [2.24, 2.45) is 5.92 Å². The summed E-state index contributed by atoms with van der Waals surface area (Å²) in [5.41, 5.74) is 6.72. The van der Waals surface area contributed by atoms with Gasteiger partial charge in [0.15, 0.2) is 0 Å². The molecule has 2 N–H and O–H groups in total. The SMILES string of the molecule is C=C(CCc1ccnc2ccc(-c3ccc(S)cc3CCCCCc3ccc4ccccc4c3)cc12)N1CC(C)(F)CC1C#N.CNC=O.O=C(F)C(=O)NCC1CCCCC1. The molecule has 5 aromatic rings. The van der Waals surface area contributed by atoms with Crippen LogP contribution in [0.1, 0.15) is 87.8 Å². The summed E-state index contributed by atoms with van der Waals surface area (Å²) >= 11 is 4.67. The number of rotatable bonds is 15. The number of amides is 2. The lowest BCUT2D eigenvalue weighted by Gasteiger charge is -2.24. The molecule has 2 fully saturated rings. The third-order valence-corrected chi connectivity index (χ3v) is 12.0. The lowest BCUT2D eigenvalue weighted by atomic mass is 9.89. The van der Waals surface area contributed by atoms with E-state index in [9.17, 15) is 23.6 Å². The summed E-state index contributed by atoms with van der Waals surface area (Å²) in [4.78, 5) is 37.0. The van der Waals surface area contributed by atoms with Gasteiger partial charge in [-0.3, -0.25) is 14.6 Å². The van der Waals surface area contributed by atoms with Crippen LogP contribution in [0.5, 0.6) is 0 Å². The van der Waals surface area contributed by atoms with Gasteiger partial charge < -0.3 is 15.5 Å². The number of aromatic nitrogens is 1. The molecule has 8 nitrogen and oxygen atoms in total. The fraction of sp³-hybridized carbons (Fsp3) is 0.392. The number of pyridine rings is 1. The Morgan fingerprint density at radius 3 is 2.42 bits per heavy atom. The molecular formula is C51H59F2N5O3S. The molecule has 2 atom stereocenters. The second-order valence-corrected chi connectivity index (χ2v) is 17.2. The Kier molecular flexibility index (Phi) is 18.0. The number of carbonyl (C=O) groups is 3. The first-order valence-electron chi connectivity index (χ1n) is 21.7. The zero-order valence-electron chi connectivity index (χ0n) is 36.0. The number of thiol groups is 1. The van der Waals surface area contributed by atoms with Gasteiger partial charge in [0.05, 0.1) is 18.1 Å². The summed E-state index contributed by atoms with van der Waals surface area (Å²) in [6.07, 6.45) is 15.4. The van der Waals surface area contributed by atoms with Crippen LogP contribution >= 0.6 is 12.6 Å². The van der Waals surface area contributed by atoms with Crippen LogP contribution < -0.4 is 10.6 Å². The summed E-state index contributed by atoms with van der Waals surface area (Å²) < 4.78 is 26.5. The molecule has 11 heteroatoms. The van der Waals surface area contributed by atoms with Crippen LogP contribution in [0, 0.1) is 17.2 Å². The number of nitrogens with zero attached hydrogens (tertiary/aromatic N) is 3. The Morgan fingerprint density at radius 2 is 1.69 bits per heavy atom. The van der Waals surface area contributed by atoms with Crippen molar-refractivity contribution < 1.29 is 23.2 Å². The molecule has 326 valence electrons. The molecule has 1 saturated heterocycles. The Hall–Kier alpha value is -5.60. The van der Waals surface area contributed by atoms with Gasteiger partial charge in [0.2, 0.25) is 6.41 Å². The van der Waals surface area contributed by atoms with Crippen molar-refractivity contribution in [1.29, 1.82) is 5.26 Å². The zero-order chi connectivity index (χ0) is 44.5. The van der Waals surface area contributed by atoms with Crippen molar-refractivity contribution >= 4 is 52.7 Å². The van der Waals surface area contributed by atoms with Crippen molar-refractivity contribution in [3.8, 4) is 17.2 Å². The van der Waals surface area contributed by atoms with Crippen LogP contribution in [0.15, 0.2) is 108 Å². The molecule has 1 saturated carbocycles. The average Bonchev–Trinajstić information content (AvgIpc) is 3.62. The third kappa shape index (κ3) is 14.0. The molecule has 1 aliphatic carbocycles. The first-order valence-corrected chi connectivity index (χ1v) is 22.1. The number of hydrogen-bond acceptors (Lipinski definition) is 7. The van der Waals surface area contributed by atoms with E-state index in [1.807, 2.05) is 11.1 Å². The highest BCUT2D eigenvalue weighted by Gasteiger charge is 2.41. The highest BCUT2D eigenvalue weighted by Crippen LogP contribution is 2.35. The van der Waals surface area contributed by atoms with Crippen molar-refractivity contribution in [3.05, 3.63) is 120 Å². The quantitative estimate of drug-likeness (QED) is 0.0318. The summed E-state index contributed by atoms with van der Waals surface area (Å²) in [7, 11) is 1.56. The second kappa shape index (κ2) is 23.6. The Bertz CT molecular complexity index is 2360. The highest BCUT2D eigenvalue weighted by molar-refractivity contribution is 7.80. The van der Waals surface area contributed by atoms with Crippen LogP contribution in [0.3, 0.4) is 0 Å². The fourth-order valence-corrected chi connectivity index (χ4v) is 8.71. The second-order valence-electron chi connectivity index (χ2n) is 16.6. The van der Waals surface area contributed by atoms with Crippen molar-refractivity contribution in [1.82, 2.24) is 20.5 Å². The minimum absolute atomic E-state index is 0.221. The number of benzene rings is 4. The summed E-state index contributed by atoms with van der Waals surface area (Å²) in [5.74, 6) is -0.678. The van der Waals surface area contributed by atoms with Gasteiger partial charge >= 0.3 is 11.9 Å². The zero-order valence-corrected chi connectivity index (χ0v) is 36.9. The first-order chi connectivity index (χ1) is 29.9. The summed E-state index contributed by atoms with van der Waals surface area (Å²) in [6.45, 7) is 6.47. The lowest BCUT2D eigenvalue weighted by Crippen LogP contribution is -2.33. The van der Waals surface area contributed by atoms with E-state index in [0.717, 1.165) is 60.0 Å². The number of likely N-dealkylation sites (tertiary alicyclic amines) is 1. The van der Waals surface area contributed by atoms with Gasteiger partial charge in [0.25, 0.3) is 0 Å². The largest absolute Gasteiger partial charge is 0.388 e. The standard InChI is InChI=1S/C40H40FN3S.C9H14FNO2.C2H5NO/c1-28(44-27-40(2,41)25-35(44)26-42)12-14-31-20-21-43-39-19-16-34(24-38(31)39)37-18-17-36(45)23-33(37)11-5-3-4-8-29-13-15-30-9-6-7-10-32(30)22-29;10-8(12)9(13)11-6-7-4-2-1-3-5-7;1-3-2-4/h6-7,9-10,13,15-24,35,45H,1,3-5,8,11-12,14,25,27H2,2H3;7H,1-6H2,(H,11,13);2H,1H3,(H,3,4). The van der Waals surface area contributed by atoms with Gasteiger partial charge in [-0.05, 0) is 133 Å². The van der Waals surface area contributed by atoms with E-state index in [-0.39, 0.29) is 13.0 Å². The number of aryl methyl sites for hydroxylation is 3. The van der Waals surface area contributed by atoms with Gasteiger partial charge in [-0.1, -0.05) is 86.9 Å². The van der Waals surface area contributed by atoms with Crippen LogP contribution in [-0.4, -0.2) is 60.1 Å². The Labute approximate surface area is 370 Å². The molecule has 0 bridgehead atoms. The highest BCUT2D eigenvalue weighted by atomic mass is 32.1. The Balaban J connectivity index is 0.000000358. The maximum atomic E-state index is 14.7. The molecule has 62 heavy (non-hydrogen) atoms. The van der Waals surface area contributed by atoms with Gasteiger partial charge in [-0.2, -0.15) is 9.65 Å². The first kappa shape index (κ1) is 47.4. The monoisotopic (exact) mass is 859 g/mol. The lowest BCUT2D eigenvalue weighted by molar-refractivity contribution is -0.144. The number of alkyl halides is 1. The molecular weight excluding hydrogens is 801 g/mol. The van der Waals surface area contributed by atoms with E-state index in [1.165, 1.54) is 70.7 Å². The van der Waals surface area contributed by atoms with Crippen LogP contribution in [0.4, 0.5) is 8.78 Å². The van der Waals surface area contributed by atoms with Gasteiger partial charge in [-0.25, -0.2) is 9.18 Å². The minimum Gasteiger partial charge on any atom is -0.362 e. The van der Waals surface area contributed by atoms with Crippen LogP contribution in [0.2, 0.25) is 0 Å². The molecule has 4 aromatic carbocycles. The number of hydrogen-bond donors (Lipinski definition) is 3. The number of nitrogens with one attached hydrogen (secondary N) is 2. The topological polar surface area (TPSA) is 115 Å². The molecule has 0 spiro atoms. The number of carbonyl (C=O) groups excluding carboxylic acids is 3. The number of nitriles is 1. The van der Waals surface area contributed by atoms with E-state index in [0.29, 0.717) is 25.3 Å². The van der Waals surface area contributed by atoms with E-state index in [2.05, 4.69) is 126 Å². The minimum atomic E-state index is -1.89. The summed E-state index contributed by atoms with van der Waals surface area (Å²) in [5, 5.41) is 17.8. The van der Waals surface area contributed by atoms with Gasteiger partial charge in [0, 0.05) is 42.2 Å². The molecule has 2 unspecified atom stereocenters. The number of halogens is 2. The predicted molar refractivity (Wildman–Crippen MR) is 248 cm³/mol. The van der Waals surface area contributed by atoms with E-state index in [1.54, 1.807) is 14.0 Å². The number of allylic oxidation sites excluding steroid dienone is 1. The van der Waals surface area contributed by atoms with Crippen LogP contribution in [0.25, 0.3) is 32.8 Å². The van der Waals surface area contributed by atoms with Crippen molar-refractivity contribution in [2.75, 3.05) is 20.1 Å². The van der Waals surface area contributed by atoms with Gasteiger partial charge in [-0.15, -0.1) is 12.6 Å². The average molecular weight is 860 g/mol. The third-order valence-electron chi connectivity index (χ3n) is 11.8. The molecule has 2 amide bonds. The molecule has 2 heterocycles. The summed E-state index contributed by atoms with van der Waals surface area (Å²) in [6, 6.07) is 30.3. The fourth-order valence-electron chi connectivity index (χ4n) is 8.48.